The van der Waals surface area contributed by atoms with Crippen LogP contribution < -0.4 is 5.84 Å². The van der Waals surface area contributed by atoms with Gasteiger partial charge >= 0.3 is 0 Å². The summed E-state index contributed by atoms with van der Waals surface area (Å²) >= 11 is 0. The maximum Gasteiger partial charge on any atom is 0.256 e. The van der Waals surface area contributed by atoms with Crippen molar-refractivity contribution >= 4 is 27.0 Å². The number of hydrogen-bond donors (Lipinski definition) is 1. The number of hydrazine groups is 1. The number of likely N-dealkylation sites (tertiary alicyclic amines) is 1. The number of rotatable bonds is 8. The number of carbonyl (C=O) groups is 1. The van der Waals surface area contributed by atoms with E-state index in [2.05, 4.69) is 9.55 Å². The highest BCUT2D eigenvalue weighted by atomic mass is 32.2. The Kier molecular flexibility index (Phi) is 7.06. The van der Waals surface area contributed by atoms with Crippen LogP contribution >= 0.6 is 0 Å². The van der Waals surface area contributed by atoms with Crippen LogP contribution in [0.15, 0.2) is 53.4 Å². The molecule has 0 spiro atoms. The average Bonchev–Trinajstić information content (AvgIpc) is 3.45. The number of nitrogens with two attached hydrogens (primary N) is 1. The minimum absolute atomic E-state index is 0.0777. The second-order valence-corrected chi connectivity index (χ2v) is 11.2. The topological polar surface area (TPSA) is 102 Å². The van der Waals surface area contributed by atoms with E-state index in [1.54, 1.807) is 29.2 Å². The van der Waals surface area contributed by atoms with Gasteiger partial charge in [0.05, 0.1) is 15.9 Å². The van der Waals surface area contributed by atoms with E-state index in [9.17, 15) is 13.2 Å². The van der Waals surface area contributed by atoms with E-state index in [-0.39, 0.29) is 16.7 Å². The molecule has 3 aromatic rings. The molecule has 1 fully saturated rings. The van der Waals surface area contributed by atoms with Crippen molar-refractivity contribution in [2.45, 2.75) is 57.5 Å². The Morgan fingerprint density at radius 2 is 1.74 bits per heavy atom. The number of nitrogens with zero attached hydrogens (tertiary/aromatic N) is 4. The quantitative estimate of drug-likeness (QED) is 0.391. The number of aromatic nitrogens is 2. The second-order valence-electron chi connectivity index (χ2n) is 9.39. The molecule has 8 nitrogen and oxygen atoms in total. The molecule has 34 heavy (non-hydrogen) atoms. The third-order valence-corrected chi connectivity index (χ3v) is 8.07. The molecular formula is C25H33N5O3S. The van der Waals surface area contributed by atoms with Crippen molar-refractivity contribution in [3.63, 3.8) is 0 Å². The Labute approximate surface area is 201 Å². The molecule has 1 aromatic heterocycles. The van der Waals surface area contributed by atoms with Crippen LogP contribution in [0.5, 0.6) is 0 Å². The molecule has 0 bridgehead atoms. The highest BCUT2D eigenvalue weighted by Gasteiger charge is 2.37. The smallest absolute Gasteiger partial charge is 0.256 e. The summed E-state index contributed by atoms with van der Waals surface area (Å²) in [6, 6.07) is 13.7. The minimum atomic E-state index is -4.04. The van der Waals surface area contributed by atoms with Gasteiger partial charge in [-0.2, -0.15) is 0 Å². The first-order valence-electron chi connectivity index (χ1n) is 11.8. The standard InChI is InChI=1S/C25H33N5O3S/c1-18(2)16-24(25(31)28-14-6-7-15-28)30(26)34(32,33)21-12-10-20(11-13-21)17-29-19(3)27-22-8-4-5-9-23(22)29/h4-5,8-13,18,24H,6-7,14-17,26H2,1-3H3/t24-/m0/s1. The predicted molar refractivity (Wildman–Crippen MR) is 132 cm³/mol. The molecular weight excluding hydrogens is 450 g/mol. The lowest BCUT2D eigenvalue weighted by atomic mass is 10.0. The van der Waals surface area contributed by atoms with Crippen molar-refractivity contribution in [1.82, 2.24) is 18.9 Å². The van der Waals surface area contributed by atoms with E-state index in [0.29, 0.717) is 26.1 Å². The summed E-state index contributed by atoms with van der Waals surface area (Å²) in [5, 5.41) is 0. The predicted octanol–water partition coefficient (Wildman–Crippen LogP) is 3.29. The van der Waals surface area contributed by atoms with Crippen LogP contribution in [0.2, 0.25) is 0 Å². The lowest BCUT2D eigenvalue weighted by Crippen LogP contribution is -2.54. The molecule has 1 amide bonds. The first-order valence-corrected chi connectivity index (χ1v) is 13.2. The molecule has 1 saturated heterocycles. The largest absolute Gasteiger partial charge is 0.341 e. The fraction of sp³-hybridized carbons (Fsp3) is 0.440. The van der Waals surface area contributed by atoms with Crippen LogP contribution in [0.25, 0.3) is 11.0 Å². The van der Waals surface area contributed by atoms with Crippen molar-refractivity contribution in [2.24, 2.45) is 11.8 Å². The van der Waals surface area contributed by atoms with Gasteiger partial charge in [0.15, 0.2) is 0 Å². The first-order chi connectivity index (χ1) is 16.2. The van der Waals surface area contributed by atoms with Crippen molar-refractivity contribution in [1.29, 1.82) is 0 Å². The maximum atomic E-state index is 13.3. The first kappa shape index (κ1) is 24.4. The number of amides is 1. The van der Waals surface area contributed by atoms with E-state index >= 15 is 0 Å². The number of carbonyl (C=O) groups excluding carboxylic acids is 1. The SMILES string of the molecule is Cc1nc2ccccc2n1Cc1ccc(S(=O)(=O)N(N)[C@@H](CC(C)C)C(=O)N2CCCC2)cc1. The molecule has 2 aromatic carbocycles. The normalized spacial score (nSPS) is 15.5. The fourth-order valence-electron chi connectivity index (χ4n) is 4.54. The molecule has 4 rings (SSSR count). The summed E-state index contributed by atoms with van der Waals surface area (Å²) in [5.41, 5.74) is 2.90. The molecule has 1 aliphatic heterocycles. The van der Waals surface area contributed by atoms with Gasteiger partial charge in [-0.25, -0.2) is 13.4 Å². The molecule has 1 atom stereocenters. The number of imidazole rings is 1. The third kappa shape index (κ3) is 4.87. The number of aryl methyl sites for hydroxylation is 1. The summed E-state index contributed by atoms with van der Waals surface area (Å²) in [6.45, 7) is 7.75. The summed E-state index contributed by atoms with van der Waals surface area (Å²) < 4.78 is 29.6. The van der Waals surface area contributed by atoms with Crippen LogP contribution in [0, 0.1) is 12.8 Å². The number of hydrogen-bond acceptors (Lipinski definition) is 5. The van der Waals surface area contributed by atoms with Crippen LogP contribution in [0.3, 0.4) is 0 Å². The van der Waals surface area contributed by atoms with Crippen LogP contribution in [0.4, 0.5) is 0 Å². The zero-order valence-electron chi connectivity index (χ0n) is 20.0. The zero-order chi connectivity index (χ0) is 24.5. The van der Waals surface area contributed by atoms with Crippen molar-refractivity contribution in [3.05, 3.63) is 59.9 Å². The van der Waals surface area contributed by atoms with E-state index in [4.69, 9.17) is 5.84 Å². The number of sulfonamides is 1. The van der Waals surface area contributed by atoms with Crippen LogP contribution in [0.1, 0.15) is 44.5 Å². The Hall–Kier alpha value is -2.75. The molecule has 0 aliphatic carbocycles. The van der Waals surface area contributed by atoms with Crippen molar-refractivity contribution in [3.8, 4) is 0 Å². The molecule has 9 heteroatoms. The average molecular weight is 484 g/mol. The summed E-state index contributed by atoms with van der Waals surface area (Å²) in [6.07, 6.45) is 2.24. The Bertz CT molecular complexity index is 1260. The zero-order valence-corrected chi connectivity index (χ0v) is 20.8. The van der Waals surface area contributed by atoms with E-state index in [1.807, 2.05) is 45.0 Å². The summed E-state index contributed by atoms with van der Waals surface area (Å²) in [4.78, 5) is 19.5. The lowest BCUT2D eigenvalue weighted by Gasteiger charge is -2.30. The van der Waals surface area contributed by atoms with Crippen molar-refractivity contribution in [2.75, 3.05) is 13.1 Å². The fourth-order valence-corrected chi connectivity index (χ4v) is 5.78. The summed E-state index contributed by atoms with van der Waals surface area (Å²) in [7, 11) is -4.04. The highest BCUT2D eigenvalue weighted by Crippen LogP contribution is 2.23. The van der Waals surface area contributed by atoms with E-state index < -0.39 is 16.1 Å². The molecule has 0 unspecified atom stereocenters. The molecule has 182 valence electrons. The van der Waals surface area contributed by atoms with Crippen LogP contribution in [-0.2, 0) is 21.4 Å². The number of benzene rings is 2. The molecule has 2 N–H and O–H groups in total. The van der Waals surface area contributed by atoms with Gasteiger partial charge in [-0.3, -0.25) is 10.6 Å². The molecule has 2 heterocycles. The highest BCUT2D eigenvalue weighted by molar-refractivity contribution is 7.89. The molecule has 0 saturated carbocycles. The second kappa shape index (κ2) is 9.85. The van der Waals surface area contributed by atoms with Gasteiger partial charge in [0.1, 0.15) is 11.9 Å². The van der Waals surface area contributed by atoms with Gasteiger partial charge in [-0.15, -0.1) is 4.41 Å². The maximum absolute atomic E-state index is 13.3. The van der Waals surface area contributed by atoms with Gasteiger partial charge < -0.3 is 9.47 Å². The Morgan fingerprint density at radius 1 is 1.09 bits per heavy atom. The summed E-state index contributed by atoms with van der Waals surface area (Å²) in [5.74, 6) is 6.96. The molecule has 1 aliphatic rings. The Balaban J connectivity index is 1.56. The number of fused-ring (bicyclic) bond motifs is 1. The van der Waals surface area contributed by atoms with Gasteiger partial charge in [-0.05, 0) is 61.9 Å². The lowest BCUT2D eigenvalue weighted by molar-refractivity contribution is -0.134. The molecule has 0 radical (unpaired) electrons. The minimum Gasteiger partial charge on any atom is -0.341 e. The van der Waals surface area contributed by atoms with Crippen molar-refractivity contribution < 1.29 is 13.2 Å². The monoisotopic (exact) mass is 483 g/mol. The van der Waals surface area contributed by atoms with Gasteiger partial charge in [0.2, 0.25) is 5.91 Å². The number of para-hydroxylation sites is 2. The third-order valence-electron chi connectivity index (χ3n) is 6.39. The van der Waals surface area contributed by atoms with E-state index in [0.717, 1.165) is 39.7 Å². The van der Waals surface area contributed by atoms with E-state index in [1.165, 1.54) is 0 Å². The Morgan fingerprint density at radius 3 is 2.38 bits per heavy atom. The van der Waals surface area contributed by atoms with Gasteiger partial charge in [-0.1, -0.05) is 38.1 Å². The van der Waals surface area contributed by atoms with Gasteiger partial charge in [0, 0.05) is 19.6 Å². The van der Waals surface area contributed by atoms with Gasteiger partial charge in [0.25, 0.3) is 10.0 Å². The van der Waals surface area contributed by atoms with Crippen LogP contribution in [-0.4, -0.2) is 52.3 Å².